The molecule has 0 spiro atoms. The summed E-state index contributed by atoms with van der Waals surface area (Å²) in [6.45, 7) is 7.10. The Morgan fingerprint density at radius 2 is 1.69 bits per heavy atom. The highest BCUT2D eigenvalue weighted by Gasteiger charge is 2.53. The number of rotatable bonds is 6. The van der Waals surface area contributed by atoms with Crippen LogP contribution < -0.4 is 0 Å². The fourth-order valence-corrected chi connectivity index (χ4v) is 4.76. The molecule has 16 heavy (non-hydrogen) atoms. The van der Waals surface area contributed by atoms with Crippen LogP contribution in [0.1, 0.15) is 65.7 Å². The summed E-state index contributed by atoms with van der Waals surface area (Å²) in [4.78, 5) is 0. The van der Waals surface area contributed by atoms with Gasteiger partial charge in [-0.15, -0.1) is 0 Å². The molecule has 0 heterocycles. The lowest BCUT2D eigenvalue weighted by Crippen LogP contribution is -2.34. The predicted octanol–water partition coefficient (Wildman–Crippen LogP) is 5.20. The minimum Gasteiger partial charge on any atom is -0.0848 e. The SMILES string of the molecule is CCCC1C2C=CC(C2)C1(CCC)CCC. The molecule has 0 saturated heterocycles. The number of hydrogen-bond acceptors (Lipinski definition) is 0. The average Bonchev–Trinajstić information content (AvgIpc) is 2.82. The average molecular weight is 220 g/mol. The molecule has 0 aromatic carbocycles. The summed E-state index contributed by atoms with van der Waals surface area (Å²) in [6, 6.07) is 0. The number of fused-ring (bicyclic) bond motifs is 2. The van der Waals surface area contributed by atoms with Gasteiger partial charge in [0, 0.05) is 0 Å². The van der Waals surface area contributed by atoms with E-state index in [1.165, 1.54) is 44.9 Å². The molecule has 2 bridgehead atoms. The quantitative estimate of drug-likeness (QED) is 0.540. The molecule has 2 rings (SSSR count). The van der Waals surface area contributed by atoms with Crippen molar-refractivity contribution in [2.45, 2.75) is 65.7 Å². The fraction of sp³-hybridized carbons (Fsp3) is 0.875. The van der Waals surface area contributed by atoms with E-state index >= 15 is 0 Å². The second-order valence-electron chi connectivity index (χ2n) is 6.02. The summed E-state index contributed by atoms with van der Waals surface area (Å²) in [6.07, 6.45) is 15.1. The summed E-state index contributed by atoms with van der Waals surface area (Å²) in [5.41, 5.74) is 0.693. The molecule has 0 amide bonds. The first-order valence-electron chi connectivity index (χ1n) is 7.46. The standard InChI is InChI=1S/C16H28/c1-4-7-15-13-8-9-14(12-13)16(15,10-5-2)11-6-3/h8-9,13-15H,4-7,10-12H2,1-3H3. The highest BCUT2D eigenvalue weighted by molar-refractivity contribution is 5.18. The Morgan fingerprint density at radius 1 is 1.00 bits per heavy atom. The summed E-state index contributed by atoms with van der Waals surface area (Å²) in [5, 5.41) is 0. The molecule has 3 atom stereocenters. The Bertz CT molecular complexity index is 245. The van der Waals surface area contributed by atoms with Crippen LogP contribution in [-0.2, 0) is 0 Å². The maximum Gasteiger partial charge on any atom is -0.0168 e. The smallest absolute Gasteiger partial charge is 0.0168 e. The van der Waals surface area contributed by atoms with E-state index in [1.807, 2.05) is 0 Å². The summed E-state index contributed by atoms with van der Waals surface area (Å²) in [5.74, 6) is 2.87. The van der Waals surface area contributed by atoms with E-state index in [9.17, 15) is 0 Å². The summed E-state index contributed by atoms with van der Waals surface area (Å²) in [7, 11) is 0. The molecular formula is C16H28. The van der Waals surface area contributed by atoms with Crippen molar-refractivity contribution in [3.05, 3.63) is 12.2 Å². The minimum absolute atomic E-state index is 0.693. The van der Waals surface area contributed by atoms with Gasteiger partial charge in [-0.3, -0.25) is 0 Å². The van der Waals surface area contributed by atoms with E-state index in [4.69, 9.17) is 0 Å². The minimum atomic E-state index is 0.693. The Kier molecular flexibility index (Phi) is 3.77. The molecule has 92 valence electrons. The van der Waals surface area contributed by atoms with E-state index in [2.05, 4.69) is 32.9 Å². The van der Waals surface area contributed by atoms with Gasteiger partial charge in [0.25, 0.3) is 0 Å². The predicted molar refractivity (Wildman–Crippen MR) is 71.4 cm³/mol. The molecule has 0 aromatic heterocycles. The normalized spacial score (nSPS) is 34.8. The fourth-order valence-electron chi connectivity index (χ4n) is 4.76. The zero-order chi connectivity index (χ0) is 11.6. The largest absolute Gasteiger partial charge is 0.0848 e. The molecule has 0 aliphatic heterocycles. The van der Waals surface area contributed by atoms with Crippen LogP contribution in [0.4, 0.5) is 0 Å². The third-order valence-electron chi connectivity index (χ3n) is 5.14. The highest BCUT2D eigenvalue weighted by atomic mass is 14.6. The van der Waals surface area contributed by atoms with Crippen molar-refractivity contribution in [2.24, 2.45) is 23.2 Å². The molecule has 3 unspecified atom stereocenters. The van der Waals surface area contributed by atoms with Gasteiger partial charge in [0.05, 0.1) is 0 Å². The van der Waals surface area contributed by atoms with Crippen LogP contribution in [0.2, 0.25) is 0 Å². The number of hydrogen-bond donors (Lipinski definition) is 0. The highest BCUT2D eigenvalue weighted by Crippen LogP contribution is 2.61. The second kappa shape index (κ2) is 4.94. The molecule has 0 nitrogen and oxygen atoms in total. The van der Waals surface area contributed by atoms with E-state index in [-0.39, 0.29) is 0 Å². The lowest BCUT2D eigenvalue weighted by Gasteiger charge is -2.42. The molecule has 0 aromatic rings. The van der Waals surface area contributed by atoms with Crippen molar-refractivity contribution in [1.29, 1.82) is 0 Å². The van der Waals surface area contributed by atoms with Gasteiger partial charge in [-0.25, -0.2) is 0 Å². The molecule has 1 fully saturated rings. The Balaban J connectivity index is 2.22. The molecule has 0 radical (unpaired) electrons. The molecule has 0 heteroatoms. The zero-order valence-electron chi connectivity index (χ0n) is 11.3. The lowest BCUT2D eigenvalue weighted by molar-refractivity contribution is 0.0986. The van der Waals surface area contributed by atoms with Gasteiger partial charge in [0.15, 0.2) is 0 Å². The molecular weight excluding hydrogens is 192 g/mol. The van der Waals surface area contributed by atoms with Crippen molar-refractivity contribution in [1.82, 2.24) is 0 Å². The van der Waals surface area contributed by atoms with Crippen molar-refractivity contribution >= 4 is 0 Å². The van der Waals surface area contributed by atoms with Gasteiger partial charge in [-0.1, -0.05) is 52.2 Å². The van der Waals surface area contributed by atoms with Gasteiger partial charge in [-0.2, -0.15) is 0 Å². The second-order valence-corrected chi connectivity index (χ2v) is 6.02. The monoisotopic (exact) mass is 220 g/mol. The first kappa shape index (κ1) is 12.2. The maximum atomic E-state index is 2.56. The van der Waals surface area contributed by atoms with E-state index in [0.29, 0.717) is 5.41 Å². The first-order valence-corrected chi connectivity index (χ1v) is 7.46. The molecule has 1 saturated carbocycles. The van der Waals surface area contributed by atoms with Gasteiger partial charge >= 0.3 is 0 Å². The van der Waals surface area contributed by atoms with Crippen LogP contribution in [0.25, 0.3) is 0 Å². The van der Waals surface area contributed by atoms with Crippen molar-refractivity contribution < 1.29 is 0 Å². The first-order chi connectivity index (χ1) is 7.78. The van der Waals surface area contributed by atoms with Crippen LogP contribution in [0, 0.1) is 23.2 Å². The molecule has 0 N–H and O–H groups in total. The topological polar surface area (TPSA) is 0 Å². The Morgan fingerprint density at radius 3 is 2.25 bits per heavy atom. The third-order valence-corrected chi connectivity index (χ3v) is 5.14. The van der Waals surface area contributed by atoms with E-state index in [1.54, 1.807) is 0 Å². The van der Waals surface area contributed by atoms with Crippen molar-refractivity contribution in [3.8, 4) is 0 Å². The van der Waals surface area contributed by atoms with Gasteiger partial charge in [-0.05, 0) is 48.9 Å². The molecule has 2 aliphatic rings. The van der Waals surface area contributed by atoms with Crippen LogP contribution in [0.3, 0.4) is 0 Å². The zero-order valence-corrected chi connectivity index (χ0v) is 11.3. The summed E-state index contributed by atoms with van der Waals surface area (Å²) < 4.78 is 0. The van der Waals surface area contributed by atoms with Gasteiger partial charge in [0.1, 0.15) is 0 Å². The van der Waals surface area contributed by atoms with Crippen LogP contribution in [-0.4, -0.2) is 0 Å². The van der Waals surface area contributed by atoms with Gasteiger partial charge in [0.2, 0.25) is 0 Å². The van der Waals surface area contributed by atoms with E-state index < -0.39 is 0 Å². The van der Waals surface area contributed by atoms with Crippen LogP contribution in [0.15, 0.2) is 12.2 Å². The summed E-state index contributed by atoms with van der Waals surface area (Å²) >= 11 is 0. The van der Waals surface area contributed by atoms with Crippen molar-refractivity contribution in [3.63, 3.8) is 0 Å². The third kappa shape index (κ3) is 1.75. The Hall–Kier alpha value is -0.260. The van der Waals surface area contributed by atoms with Crippen molar-refractivity contribution in [2.75, 3.05) is 0 Å². The number of allylic oxidation sites excluding steroid dienone is 2. The van der Waals surface area contributed by atoms with Crippen LogP contribution >= 0.6 is 0 Å². The lowest BCUT2D eigenvalue weighted by atomic mass is 9.62. The van der Waals surface area contributed by atoms with Crippen LogP contribution in [0.5, 0.6) is 0 Å². The molecule has 2 aliphatic carbocycles. The van der Waals surface area contributed by atoms with Gasteiger partial charge < -0.3 is 0 Å². The Labute approximate surface area is 102 Å². The van der Waals surface area contributed by atoms with E-state index in [0.717, 1.165) is 17.8 Å². The maximum absolute atomic E-state index is 2.56.